The van der Waals surface area contributed by atoms with Gasteiger partial charge in [0.25, 0.3) is 5.91 Å². The number of thioether (sulfide) groups is 1. The Kier molecular flexibility index (Phi) is 7.78. The number of hydrogen-bond donors (Lipinski definition) is 1. The fourth-order valence-corrected chi connectivity index (χ4v) is 3.57. The van der Waals surface area contributed by atoms with Gasteiger partial charge < -0.3 is 10.1 Å². The lowest BCUT2D eigenvalue weighted by Gasteiger charge is -2.20. The van der Waals surface area contributed by atoms with Gasteiger partial charge in [0.15, 0.2) is 6.10 Å². The van der Waals surface area contributed by atoms with E-state index in [1.807, 2.05) is 23.9 Å². The highest BCUT2D eigenvalue weighted by Crippen LogP contribution is 2.24. The van der Waals surface area contributed by atoms with E-state index in [1.54, 1.807) is 6.92 Å². The summed E-state index contributed by atoms with van der Waals surface area (Å²) in [6.45, 7) is 11.1. The summed E-state index contributed by atoms with van der Waals surface area (Å²) in [6.07, 6.45) is -0.508. The van der Waals surface area contributed by atoms with Crippen LogP contribution in [-0.2, 0) is 16.0 Å². The maximum absolute atomic E-state index is 12.2. The lowest BCUT2D eigenvalue weighted by molar-refractivity contribution is -0.127. The SMILES string of the molecule is Cc1ccccc1CSCCNC(=O)[C@@H](C)Oc1ccc(C(C)(C)C)cc1. The van der Waals surface area contributed by atoms with E-state index in [4.69, 9.17) is 4.74 Å². The van der Waals surface area contributed by atoms with Crippen LogP contribution in [0.2, 0.25) is 0 Å². The predicted molar refractivity (Wildman–Crippen MR) is 116 cm³/mol. The van der Waals surface area contributed by atoms with Crippen LogP contribution in [0.4, 0.5) is 0 Å². The van der Waals surface area contributed by atoms with Gasteiger partial charge in [-0.25, -0.2) is 0 Å². The van der Waals surface area contributed by atoms with Gasteiger partial charge in [0.05, 0.1) is 0 Å². The lowest BCUT2D eigenvalue weighted by Crippen LogP contribution is -2.37. The third kappa shape index (κ3) is 6.94. The number of carbonyl (C=O) groups excluding carboxylic acids is 1. The van der Waals surface area contributed by atoms with Crippen LogP contribution in [0.15, 0.2) is 48.5 Å². The zero-order chi connectivity index (χ0) is 19.9. The summed E-state index contributed by atoms with van der Waals surface area (Å²) in [6, 6.07) is 16.4. The Morgan fingerprint density at radius 3 is 2.41 bits per heavy atom. The highest BCUT2D eigenvalue weighted by atomic mass is 32.2. The molecule has 2 rings (SSSR count). The lowest BCUT2D eigenvalue weighted by atomic mass is 9.87. The number of benzene rings is 2. The largest absolute Gasteiger partial charge is 0.481 e. The molecule has 0 radical (unpaired) electrons. The minimum atomic E-state index is -0.508. The molecule has 0 saturated heterocycles. The minimum absolute atomic E-state index is 0.0774. The number of nitrogens with one attached hydrogen (secondary N) is 1. The summed E-state index contributed by atoms with van der Waals surface area (Å²) >= 11 is 1.83. The number of ether oxygens (including phenoxy) is 1. The monoisotopic (exact) mass is 385 g/mol. The van der Waals surface area contributed by atoms with E-state index in [0.717, 1.165) is 17.3 Å². The molecule has 146 valence electrons. The molecule has 0 unspecified atom stereocenters. The molecule has 0 aliphatic heterocycles. The fourth-order valence-electron chi connectivity index (χ4n) is 2.64. The van der Waals surface area contributed by atoms with Crippen molar-refractivity contribution in [3.63, 3.8) is 0 Å². The van der Waals surface area contributed by atoms with Crippen molar-refractivity contribution < 1.29 is 9.53 Å². The van der Waals surface area contributed by atoms with Crippen molar-refractivity contribution in [2.75, 3.05) is 12.3 Å². The number of aryl methyl sites for hydroxylation is 1. The minimum Gasteiger partial charge on any atom is -0.481 e. The summed E-state index contributed by atoms with van der Waals surface area (Å²) in [4.78, 5) is 12.2. The van der Waals surface area contributed by atoms with Crippen molar-refractivity contribution in [3.05, 3.63) is 65.2 Å². The van der Waals surface area contributed by atoms with Crippen LogP contribution in [0.1, 0.15) is 44.4 Å². The van der Waals surface area contributed by atoms with Crippen molar-refractivity contribution in [2.24, 2.45) is 0 Å². The molecule has 2 aromatic carbocycles. The number of carbonyl (C=O) groups is 1. The van der Waals surface area contributed by atoms with Gasteiger partial charge in [-0.15, -0.1) is 0 Å². The summed E-state index contributed by atoms with van der Waals surface area (Å²) in [5.41, 5.74) is 4.02. The van der Waals surface area contributed by atoms with E-state index < -0.39 is 6.10 Å². The maximum Gasteiger partial charge on any atom is 0.260 e. The molecule has 0 fully saturated rings. The quantitative estimate of drug-likeness (QED) is 0.642. The van der Waals surface area contributed by atoms with Crippen molar-refractivity contribution in [3.8, 4) is 5.75 Å². The van der Waals surface area contributed by atoms with E-state index in [0.29, 0.717) is 6.54 Å². The Balaban J connectivity index is 1.70. The Morgan fingerprint density at radius 2 is 1.78 bits per heavy atom. The van der Waals surface area contributed by atoms with Crippen molar-refractivity contribution in [1.82, 2.24) is 5.32 Å². The molecular formula is C23H31NO2S. The van der Waals surface area contributed by atoms with E-state index in [2.05, 4.69) is 69.4 Å². The number of amides is 1. The zero-order valence-electron chi connectivity index (χ0n) is 17.0. The molecular weight excluding hydrogens is 354 g/mol. The van der Waals surface area contributed by atoms with Crippen molar-refractivity contribution in [2.45, 2.75) is 51.9 Å². The second-order valence-electron chi connectivity index (χ2n) is 7.80. The smallest absolute Gasteiger partial charge is 0.260 e. The van der Waals surface area contributed by atoms with E-state index >= 15 is 0 Å². The summed E-state index contributed by atoms with van der Waals surface area (Å²) < 4.78 is 5.77. The Morgan fingerprint density at radius 1 is 1.11 bits per heavy atom. The number of rotatable bonds is 8. The molecule has 4 heteroatoms. The van der Waals surface area contributed by atoms with Crippen LogP contribution in [0.5, 0.6) is 5.75 Å². The van der Waals surface area contributed by atoms with Crippen molar-refractivity contribution in [1.29, 1.82) is 0 Å². The normalized spacial score (nSPS) is 12.5. The van der Waals surface area contributed by atoms with E-state index in [1.165, 1.54) is 16.7 Å². The van der Waals surface area contributed by atoms with Crippen LogP contribution in [-0.4, -0.2) is 24.3 Å². The van der Waals surface area contributed by atoms with Gasteiger partial charge in [0.1, 0.15) is 5.75 Å². The summed E-state index contributed by atoms with van der Waals surface area (Å²) in [7, 11) is 0. The van der Waals surface area contributed by atoms with Gasteiger partial charge >= 0.3 is 0 Å². The third-order valence-corrected chi connectivity index (χ3v) is 5.47. The van der Waals surface area contributed by atoms with Gasteiger partial charge in [0.2, 0.25) is 0 Å². The average Bonchev–Trinajstić information content (AvgIpc) is 2.62. The first-order chi connectivity index (χ1) is 12.8. The molecule has 3 nitrogen and oxygen atoms in total. The maximum atomic E-state index is 12.2. The number of hydrogen-bond acceptors (Lipinski definition) is 3. The average molecular weight is 386 g/mol. The Hall–Kier alpha value is -1.94. The Labute approximate surface area is 167 Å². The first-order valence-corrected chi connectivity index (χ1v) is 10.6. The summed E-state index contributed by atoms with van der Waals surface area (Å²) in [5.74, 6) is 2.49. The molecule has 0 spiro atoms. The van der Waals surface area contributed by atoms with E-state index in [-0.39, 0.29) is 11.3 Å². The predicted octanol–water partition coefficient (Wildman–Crippen LogP) is 5.11. The molecule has 1 amide bonds. The molecule has 1 N–H and O–H groups in total. The molecule has 0 saturated carbocycles. The van der Waals surface area contributed by atoms with Crippen LogP contribution in [0.25, 0.3) is 0 Å². The van der Waals surface area contributed by atoms with Crippen LogP contribution in [0.3, 0.4) is 0 Å². The third-order valence-electron chi connectivity index (χ3n) is 4.47. The van der Waals surface area contributed by atoms with Crippen molar-refractivity contribution >= 4 is 17.7 Å². The highest BCUT2D eigenvalue weighted by molar-refractivity contribution is 7.98. The van der Waals surface area contributed by atoms with Crippen LogP contribution in [0, 0.1) is 6.92 Å². The second kappa shape index (κ2) is 9.84. The molecule has 0 aromatic heterocycles. The molecule has 2 aromatic rings. The van der Waals surface area contributed by atoms with Gasteiger partial charge in [-0.3, -0.25) is 4.79 Å². The zero-order valence-corrected chi connectivity index (χ0v) is 17.9. The van der Waals surface area contributed by atoms with Gasteiger partial charge in [-0.05, 0) is 48.1 Å². The molecule has 0 bridgehead atoms. The van der Waals surface area contributed by atoms with Crippen LogP contribution >= 0.6 is 11.8 Å². The topological polar surface area (TPSA) is 38.3 Å². The first kappa shape index (κ1) is 21.4. The first-order valence-electron chi connectivity index (χ1n) is 9.44. The molecule has 0 heterocycles. The second-order valence-corrected chi connectivity index (χ2v) is 8.91. The Bertz CT molecular complexity index is 735. The fraction of sp³-hybridized carbons (Fsp3) is 0.435. The molecule has 27 heavy (non-hydrogen) atoms. The standard InChI is InChI=1S/C23H31NO2S/c1-17-8-6-7-9-19(17)16-27-15-14-24-22(25)18(2)26-21-12-10-20(11-13-21)23(3,4)5/h6-13,18H,14-16H2,1-5H3,(H,24,25)/t18-/m1/s1. The molecule has 0 aliphatic carbocycles. The highest BCUT2D eigenvalue weighted by Gasteiger charge is 2.16. The molecule has 1 atom stereocenters. The van der Waals surface area contributed by atoms with Gasteiger partial charge in [0, 0.05) is 18.1 Å². The van der Waals surface area contributed by atoms with Crippen LogP contribution < -0.4 is 10.1 Å². The molecule has 0 aliphatic rings. The van der Waals surface area contributed by atoms with E-state index in [9.17, 15) is 4.79 Å². The van der Waals surface area contributed by atoms with Gasteiger partial charge in [-0.2, -0.15) is 11.8 Å². The summed E-state index contributed by atoms with van der Waals surface area (Å²) in [5, 5.41) is 2.95. The van der Waals surface area contributed by atoms with Gasteiger partial charge in [-0.1, -0.05) is 57.2 Å².